The smallest absolute Gasteiger partial charge is 0.372 e. The van der Waals surface area contributed by atoms with Crippen molar-refractivity contribution in [3.05, 3.63) is 47.3 Å². The zero-order valence-corrected chi connectivity index (χ0v) is 10.5. The van der Waals surface area contributed by atoms with Crippen LogP contribution in [0.25, 0.3) is 0 Å². The van der Waals surface area contributed by atoms with E-state index in [1.54, 1.807) is 0 Å². The number of furan rings is 2. The second-order valence-electron chi connectivity index (χ2n) is 3.55. The van der Waals surface area contributed by atoms with E-state index >= 15 is 0 Å². The van der Waals surface area contributed by atoms with Crippen LogP contribution in [-0.4, -0.2) is 44.3 Å². The Balaban J connectivity index is 0.000000220. The third-order valence-corrected chi connectivity index (χ3v) is 2.12. The molecule has 0 aliphatic heterocycles. The molecule has 0 fully saturated rings. The van der Waals surface area contributed by atoms with Gasteiger partial charge in [0.1, 0.15) is 5.56 Å². The van der Waals surface area contributed by atoms with Crippen molar-refractivity contribution in [1.82, 2.24) is 0 Å². The fourth-order valence-electron chi connectivity index (χ4n) is 1.21. The number of carboxylic acid groups (broad SMARTS) is 4. The van der Waals surface area contributed by atoms with Crippen LogP contribution in [0.15, 0.2) is 33.3 Å². The lowest BCUT2D eigenvalue weighted by Gasteiger charge is -1.88. The lowest BCUT2D eigenvalue weighted by Crippen LogP contribution is -2.03. The number of carboxylic acids is 4. The van der Waals surface area contributed by atoms with Crippen molar-refractivity contribution in [1.29, 1.82) is 0 Å². The first-order valence-corrected chi connectivity index (χ1v) is 5.34. The Bertz CT molecular complexity index is 663. The van der Waals surface area contributed by atoms with Gasteiger partial charge in [0.05, 0.1) is 6.26 Å². The van der Waals surface area contributed by atoms with Gasteiger partial charge in [0.15, 0.2) is 0 Å². The molecule has 0 aliphatic carbocycles. The Morgan fingerprint density at radius 1 is 0.727 bits per heavy atom. The summed E-state index contributed by atoms with van der Waals surface area (Å²) in [6, 6.07) is 3.27. The minimum atomic E-state index is -1.38. The monoisotopic (exact) mass is 312 g/mol. The molecule has 116 valence electrons. The van der Waals surface area contributed by atoms with Gasteiger partial charge in [-0.05, 0) is 18.2 Å². The molecule has 4 N–H and O–H groups in total. The molecular weight excluding hydrogens is 304 g/mol. The maximum atomic E-state index is 10.3. The highest BCUT2D eigenvalue weighted by atomic mass is 16.4. The number of hydrogen-bond donors (Lipinski definition) is 4. The number of carbonyl (C=O) groups is 4. The highest BCUT2D eigenvalue weighted by Gasteiger charge is 2.18. The average Bonchev–Trinajstić information content (AvgIpc) is 3.09. The molecule has 0 atom stereocenters. The van der Waals surface area contributed by atoms with E-state index in [-0.39, 0.29) is 17.1 Å². The number of hydrogen-bond acceptors (Lipinski definition) is 6. The molecule has 0 aromatic carbocycles. The second-order valence-corrected chi connectivity index (χ2v) is 3.55. The third kappa shape index (κ3) is 3.96. The summed E-state index contributed by atoms with van der Waals surface area (Å²) in [6.45, 7) is 0. The van der Waals surface area contributed by atoms with E-state index < -0.39 is 29.6 Å². The van der Waals surface area contributed by atoms with Crippen LogP contribution < -0.4 is 0 Å². The van der Waals surface area contributed by atoms with Crippen LogP contribution in [0.5, 0.6) is 0 Å². The Labute approximate surface area is 120 Å². The molecule has 0 saturated heterocycles. The minimum Gasteiger partial charge on any atom is -0.478 e. The Morgan fingerprint density at radius 2 is 1.23 bits per heavy atom. The van der Waals surface area contributed by atoms with Gasteiger partial charge in [-0.3, -0.25) is 0 Å². The van der Waals surface area contributed by atoms with Crippen molar-refractivity contribution in [3.8, 4) is 0 Å². The standard InChI is InChI=1S/2C6H4O5/c7-5(8)3-1-2-11-4(3)6(9)10;7-5(8)3-1-2-4(11-3)6(9)10/h2*1-2H,(H,7,8)(H,9,10). The zero-order valence-electron chi connectivity index (χ0n) is 10.5. The van der Waals surface area contributed by atoms with Crippen LogP contribution in [0, 0.1) is 0 Å². The van der Waals surface area contributed by atoms with E-state index in [0.29, 0.717) is 0 Å². The molecule has 2 aromatic rings. The predicted molar refractivity (Wildman–Crippen MR) is 65.3 cm³/mol. The molecule has 2 aromatic heterocycles. The summed E-state index contributed by atoms with van der Waals surface area (Å²) < 4.78 is 8.81. The van der Waals surface area contributed by atoms with E-state index in [9.17, 15) is 19.2 Å². The zero-order chi connectivity index (χ0) is 16.9. The first kappa shape index (κ1) is 16.5. The fraction of sp³-hybridized carbons (Fsp3) is 0. The molecule has 10 heteroatoms. The second kappa shape index (κ2) is 6.74. The molecule has 0 unspecified atom stereocenters. The summed E-state index contributed by atoms with van der Waals surface area (Å²) in [5, 5.41) is 33.3. The molecule has 10 nitrogen and oxygen atoms in total. The Morgan fingerprint density at radius 3 is 1.50 bits per heavy atom. The van der Waals surface area contributed by atoms with Crippen molar-refractivity contribution in [2.75, 3.05) is 0 Å². The fourth-order valence-corrected chi connectivity index (χ4v) is 1.21. The van der Waals surface area contributed by atoms with Gasteiger partial charge in [-0.15, -0.1) is 0 Å². The largest absolute Gasteiger partial charge is 0.478 e. The predicted octanol–water partition coefficient (Wildman–Crippen LogP) is 1.35. The SMILES string of the molecule is O=C(O)c1ccc(C(=O)O)o1.O=C(O)c1ccoc1C(=O)O. The molecule has 0 aliphatic rings. The molecule has 0 amide bonds. The van der Waals surface area contributed by atoms with Crippen LogP contribution in [0.2, 0.25) is 0 Å². The molecule has 2 heterocycles. The van der Waals surface area contributed by atoms with E-state index in [1.807, 2.05) is 0 Å². The van der Waals surface area contributed by atoms with Gasteiger partial charge >= 0.3 is 23.9 Å². The average molecular weight is 312 g/mol. The van der Waals surface area contributed by atoms with E-state index in [1.165, 1.54) is 0 Å². The summed E-state index contributed by atoms with van der Waals surface area (Å²) in [4.78, 5) is 40.8. The maximum absolute atomic E-state index is 10.3. The topological polar surface area (TPSA) is 175 Å². The van der Waals surface area contributed by atoms with Crippen molar-refractivity contribution in [2.45, 2.75) is 0 Å². The van der Waals surface area contributed by atoms with Crippen molar-refractivity contribution >= 4 is 23.9 Å². The highest BCUT2D eigenvalue weighted by Crippen LogP contribution is 2.09. The van der Waals surface area contributed by atoms with Gasteiger partial charge < -0.3 is 29.3 Å². The minimum absolute atomic E-state index is 0.336. The van der Waals surface area contributed by atoms with Gasteiger partial charge in [0, 0.05) is 0 Å². The first-order chi connectivity index (χ1) is 10.2. The lowest BCUT2D eigenvalue weighted by molar-refractivity contribution is 0.0624. The number of rotatable bonds is 4. The molecule has 22 heavy (non-hydrogen) atoms. The summed E-state index contributed by atoms with van der Waals surface area (Å²) >= 11 is 0. The first-order valence-electron chi connectivity index (χ1n) is 5.34. The van der Waals surface area contributed by atoms with Crippen molar-refractivity contribution in [2.24, 2.45) is 0 Å². The van der Waals surface area contributed by atoms with Gasteiger partial charge in [-0.1, -0.05) is 0 Å². The normalized spacial score (nSPS) is 9.45. The maximum Gasteiger partial charge on any atom is 0.372 e. The van der Waals surface area contributed by atoms with Gasteiger partial charge in [0.25, 0.3) is 0 Å². The van der Waals surface area contributed by atoms with Gasteiger partial charge in [-0.25, -0.2) is 19.2 Å². The summed E-state index contributed by atoms with van der Waals surface area (Å²) in [5.74, 6) is -6.54. The van der Waals surface area contributed by atoms with Crippen molar-refractivity contribution < 1.29 is 48.4 Å². The lowest BCUT2D eigenvalue weighted by atomic mass is 10.2. The van der Waals surface area contributed by atoms with Gasteiger partial charge in [0.2, 0.25) is 17.3 Å². The van der Waals surface area contributed by atoms with E-state index in [2.05, 4.69) is 8.83 Å². The highest BCUT2D eigenvalue weighted by molar-refractivity contribution is 5.99. The van der Waals surface area contributed by atoms with Crippen molar-refractivity contribution in [3.63, 3.8) is 0 Å². The number of aromatic carboxylic acids is 4. The Kier molecular flexibility index (Phi) is 5.06. The Hall–Kier alpha value is -3.56. The quantitative estimate of drug-likeness (QED) is 0.644. The summed E-state index contributed by atoms with van der Waals surface area (Å²) in [6.07, 6.45) is 1.02. The van der Waals surface area contributed by atoms with E-state index in [4.69, 9.17) is 20.4 Å². The van der Waals surface area contributed by atoms with Crippen LogP contribution in [0.1, 0.15) is 42.0 Å². The third-order valence-electron chi connectivity index (χ3n) is 2.12. The van der Waals surface area contributed by atoms with Crippen LogP contribution in [0.3, 0.4) is 0 Å². The molecule has 0 saturated carbocycles. The molecule has 0 spiro atoms. The van der Waals surface area contributed by atoms with Crippen LogP contribution in [-0.2, 0) is 0 Å². The van der Waals surface area contributed by atoms with Crippen LogP contribution in [0.4, 0.5) is 0 Å². The summed E-state index contributed by atoms with van der Waals surface area (Å²) in [5.41, 5.74) is -0.336. The van der Waals surface area contributed by atoms with Crippen LogP contribution >= 0.6 is 0 Å². The molecule has 2 rings (SSSR count). The summed E-state index contributed by atoms with van der Waals surface area (Å²) in [7, 11) is 0. The molecule has 0 bridgehead atoms. The molecule has 0 radical (unpaired) electrons. The molecular formula is C12H8O10. The van der Waals surface area contributed by atoms with Gasteiger partial charge in [-0.2, -0.15) is 0 Å². The van der Waals surface area contributed by atoms with E-state index in [0.717, 1.165) is 24.5 Å².